The minimum absolute atomic E-state index is 0.0419. The van der Waals surface area contributed by atoms with Crippen molar-refractivity contribution in [2.45, 2.75) is 56.4 Å². The predicted octanol–water partition coefficient (Wildman–Crippen LogP) is 5.17. The molecule has 180 valence electrons. The van der Waals surface area contributed by atoms with Crippen LogP contribution >= 0.6 is 11.6 Å². The molecule has 12 heteroatoms. The third kappa shape index (κ3) is 4.64. The number of nitrogens with zero attached hydrogens (tertiary/aromatic N) is 2. The molecule has 1 aliphatic carbocycles. The molecule has 0 radical (unpaired) electrons. The summed E-state index contributed by atoms with van der Waals surface area (Å²) in [6, 6.07) is 0.300. The van der Waals surface area contributed by atoms with Gasteiger partial charge < -0.3 is 10.2 Å². The van der Waals surface area contributed by atoms with Crippen LogP contribution in [0.25, 0.3) is 10.9 Å². The molecule has 1 saturated carbocycles. The third-order valence-corrected chi connectivity index (χ3v) is 6.77. The van der Waals surface area contributed by atoms with Gasteiger partial charge in [-0.2, -0.15) is 13.9 Å². The number of nitrogens with one attached hydrogen (secondary N) is 2. The molecule has 1 saturated heterocycles. The number of amides is 2. The summed E-state index contributed by atoms with van der Waals surface area (Å²) >= 11 is 5.77. The van der Waals surface area contributed by atoms with Crippen LogP contribution in [0.2, 0.25) is 5.02 Å². The van der Waals surface area contributed by atoms with Gasteiger partial charge in [0, 0.05) is 43.3 Å². The second kappa shape index (κ2) is 8.73. The van der Waals surface area contributed by atoms with Crippen molar-refractivity contribution < 1.29 is 31.5 Å². The van der Waals surface area contributed by atoms with Crippen LogP contribution in [0, 0.1) is 11.7 Å². The lowest BCUT2D eigenvalue weighted by atomic mass is 9.85. The average Bonchev–Trinajstić information content (AvgIpc) is 3.23. The topological polar surface area (TPSA) is 78.1 Å². The van der Waals surface area contributed by atoms with Gasteiger partial charge in [0.1, 0.15) is 0 Å². The molecule has 2 fully saturated rings. The highest BCUT2D eigenvalue weighted by Gasteiger charge is 2.50. The number of Topliss-reactive ketones (excluding diaryl/α,β-unsaturated/α-hetero) is 1. The van der Waals surface area contributed by atoms with Crippen molar-refractivity contribution in [2.75, 3.05) is 13.1 Å². The van der Waals surface area contributed by atoms with Gasteiger partial charge in [-0.1, -0.05) is 11.6 Å². The van der Waals surface area contributed by atoms with Gasteiger partial charge in [0.05, 0.1) is 22.3 Å². The van der Waals surface area contributed by atoms with E-state index in [0.717, 1.165) is 0 Å². The highest BCUT2D eigenvalue weighted by Crippen LogP contribution is 2.39. The Kier molecular flexibility index (Phi) is 6.28. The Labute approximate surface area is 190 Å². The number of rotatable bonds is 4. The van der Waals surface area contributed by atoms with E-state index in [2.05, 4.69) is 15.5 Å². The van der Waals surface area contributed by atoms with Gasteiger partial charge in [0.25, 0.3) is 0 Å². The van der Waals surface area contributed by atoms with E-state index in [1.165, 1.54) is 17.2 Å². The van der Waals surface area contributed by atoms with Crippen molar-refractivity contribution in [3.05, 3.63) is 28.7 Å². The first-order valence-corrected chi connectivity index (χ1v) is 11.0. The lowest BCUT2D eigenvalue weighted by molar-refractivity contribution is -0.0478. The molecule has 0 spiro atoms. The zero-order valence-corrected chi connectivity index (χ0v) is 18.2. The molecular formula is C21H22ClF5N4O2. The van der Waals surface area contributed by atoms with Gasteiger partial charge in [0.2, 0.25) is 11.7 Å². The van der Waals surface area contributed by atoms with Gasteiger partial charge in [-0.3, -0.25) is 9.89 Å². The van der Waals surface area contributed by atoms with Crippen LogP contribution < -0.4 is 5.32 Å². The lowest BCUT2D eigenvalue weighted by Gasteiger charge is -2.36. The maximum atomic E-state index is 15.1. The molecule has 2 aliphatic rings. The summed E-state index contributed by atoms with van der Waals surface area (Å²) in [5.74, 6) is -10.9. The third-order valence-electron chi connectivity index (χ3n) is 6.50. The summed E-state index contributed by atoms with van der Waals surface area (Å²) in [6.07, 6.45) is 0.576. The quantitative estimate of drug-likeness (QED) is 0.456. The highest BCUT2D eigenvalue weighted by molar-refractivity contribution is 6.32. The van der Waals surface area contributed by atoms with Gasteiger partial charge in [-0.05, 0) is 31.7 Å². The molecule has 4 rings (SSSR count). The number of H-pyrrole nitrogens is 1. The number of halogens is 6. The zero-order chi connectivity index (χ0) is 24.0. The number of carbonyl (C=O) groups excluding carboxylic acids is 2. The number of benzene rings is 1. The standard InChI is InChI=1S/C21H22ClF5N4O2/c22-14-9-11-10-28-30-17(11)15(16(14)23)18(32)21(26,27)12-3-7-31(8-4-12)19(33)29-13-1-5-20(24,25)6-2-13/h9-10,12-13H,1-8H2,(H,28,30)(H,29,33). The summed E-state index contributed by atoms with van der Waals surface area (Å²) in [5.41, 5.74) is -0.995. The summed E-state index contributed by atoms with van der Waals surface area (Å²) in [7, 11) is 0. The molecule has 2 amide bonds. The Hall–Kier alpha value is -2.43. The number of urea groups is 1. The first-order valence-electron chi connectivity index (χ1n) is 10.7. The second-order valence-electron chi connectivity index (χ2n) is 8.67. The largest absolute Gasteiger partial charge is 0.335 e. The van der Waals surface area contributed by atoms with Gasteiger partial charge >= 0.3 is 12.0 Å². The van der Waals surface area contributed by atoms with E-state index < -0.39 is 46.0 Å². The number of fused-ring (bicyclic) bond motifs is 1. The fourth-order valence-electron chi connectivity index (χ4n) is 4.49. The number of aromatic nitrogens is 2. The van der Waals surface area contributed by atoms with Crippen LogP contribution in [0.15, 0.2) is 12.3 Å². The fraction of sp³-hybridized carbons (Fsp3) is 0.571. The van der Waals surface area contributed by atoms with E-state index in [-0.39, 0.29) is 68.6 Å². The van der Waals surface area contributed by atoms with E-state index in [0.29, 0.717) is 0 Å². The predicted molar refractivity (Wildman–Crippen MR) is 110 cm³/mol. The van der Waals surface area contributed by atoms with Crippen LogP contribution in [0.3, 0.4) is 0 Å². The molecule has 33 heavy (non-hydrogen) atoms. The summed E-state index contributed by atoms with van der Waals surface area (Å²) < 4.78 is 71.3. The number of alkyl halides is 4. The Morgan fingerprint density at radius 2 is 1.82 bits per heavy atom. The number of carbonyl (C=O) groups is 2. The van der Waals surface area contributed by atoms with Crippen LogP contribution in [-0.4, -0.2) is 57.9 Å². The van der Waals surface area contributed by atoms with E-state index >= 15 is 8.78 Å². The minimum Gasteiger partial charge on any atom is -0.335 e. The number of hydrogen-bond acceptors (Lipinski definition) is 3. The SMILES string of the molecule is O=C(NC1CCC(F)(F)CC1)N1CCC(C(F)(F)C(=O)c2c(F)c(Cl)cc3cn[nH]c23)CC1. The monoisotopic (exact) mass is 492 g/mol. The van der Waals surface area contributed by atoms with Crippen molar-refractivity contribution in [1.29, 1.82) is 0 Å². The van der Waals surface area contributed by atoms with E-state index in [9.17, 15) is 22.8 Å². The van der Waals surface area contributed by atoms with Crippen molar-refractivity contribution >= 4 is 34.3 Å². The average molecular weight is 493 g/mol. The number of ketones is 1. The first kappa shape index (κ1) is 23.7. The van der Waals surface area contributed by atoms with E-state index in [1.54, 1.807) is 0 Å². The Bertz CT molecular complexity index is 1060. The Morgan fingerprint density at radius 1 is 1.18 bits per heavy atom. The minimum atomic E-state index is -3.89. The molecule has 1 aromatic heterocycles. The molecule has 0 atom stereocenters. The zero-order valence-electron chi connectivity index (χ0n) is 17.4. The van der Waals surface area contributed by atoms with E-state index in [1.807, 2.05) is 0 Å². The van der Waals surface area contributed by atoms with Crippen LogP contribution in [-0.2, 0) is 0 Å². The van der Waals surface area contributed by atoms with Gasteiger partial charge in [-0.25, -0.2) is 18.0 Å². The maximum Gasteiger partial charge on any atom is 0.317 e. The Morgan fingerprint density at radius 3 is 2.45 bits per heavy atom. The van der Waals surface area contributed by atoms with Gasteiger partial charge in [0.15, 0.2) is 5.82 Å². The normalized spacial score (nSPS) is 20.2. The first-order chi connectivity index (χ1) is 15.5. The molecule has 2 heterocycles. The number of hydrogen-bond donors (Lipinski definition) is 2. The molecule has 0 unspecified atom stereocenters. The summed E-state index contributed by atoms with van der Waals surface area (Å²) in [5, 5.41) is 8.48. The smallest absolute Gasteiger partial charge is 0.317 e. The van der Waals surface area contributed by atoms with Crippen molar-refractivity contribution in [1.82, 2.24) is 20.4 Å². The highest BCUT2D eigenvalue weighted by atomic mass is 35.5. The van der Waals surface area contributed by atoms with E-state index in [4.69, 9.17) is 11.6 Å². The van der Waals surface area contributed by atoms with Crippen LogP contribution in [0.5, 0.6) is 0 Å². The van der Waals surface area contributed by atoms with Crippen molar-refractivity contribution in [2.24, 2.45) is 5.92 Å². The summed E-state index contributed by atoms with van der Waals surface area (Å²) in [6.45, 7) is -0.0838. The van der Waals surface area contributed by atoms with Crippen LogP contribution in [0.4, 0.5) is 26.7 Å². The molecule has 6 nitrogen and oxygen atoms in total. The number of aromatic amines is 1. The van der Waals surface area contributed by atoms with Crippen LogP contribution in [0.1, 0.15) is 48.9 Å². The molecule has 2 N–H and O–H groups in total. The molecule has 1 aliphatic heterocycles. The molecule has 1 aromatic carbocycles. The summed E-state index contributed by atoms with van der Waals surface area (Å²) in [4.78, 5) is 26.5. The maximum absolute atomic E-state index is 15.1. The fourth-order valence-corrected chi connectivity index (χ4v) is 4.71. The molecular weight excluding hydrogens is 471 g/mol. The molecule has 2 aromatic rings. The lowest BCUT2D eigenvalue weighted by Crippen LogP contribution is -2.51. The Balaban J connectivity index is 1.40. The van der Waals surface area contributed by atoms with Crippen molar-refractivity contribution in [3.8, 4) is 0 Å². The van der Waals surface area contributed by atoms with Gasteiger partial charge in [-0.15, -0.1) is 0 Å². The second-order valence-corrected chi connectivity index (χ2v) is 9.08. The number of likely N-dealkylation sites (tertiary alicyclic amines) is 1. The van der Waals surface area contributed by atoms with Crippen molar-refractivity contribution in [3.63, 3.8) is 0 Å². The number of piperidine rings is 1. The molecule has 0 bridgehead atoms.